The van der Waals surface area contributed by atoms with E-state index in [-0.39, 0.29) is 18.6 Å². The summed E-state index contributed by atoms with van der Waals surface area (Å²) in [6.45, 7) is 2.61. The lowest BCUT2D eigenvalue weighted by molar-refractivity contribution is -0.141. The van der Waals surface area contributed by atoms with Crippen molar-refractivity contribution in [3.8, 4) is 11.5 Å². The van der Waals surface area contributed by atoms with Gasteiger partial charge in [-0.3, -0.25) is 9.78 Å². The number of carbonyl (C=O) groups is 2. The van der Waals surface area contributed by atoms with Crippen LogP contribution in [0.1, 0.15) is 24.9 Å². The Morgan fingerprint density at radius 2 is 2.04 bits per heavy atom. The van der Waals surface area contributed by atoms with Crippen molar-refractivity contribution in [2.24, 2.45) is 5.92 Å². The first kappa shape index (κ1) is 17.7. The van der Waals surface area contributed by atoms with Crippen LogP contribution in [0.5, 0.6) is 11.5 Å². The zero-order valence-electron chi connectivity index (χ0n) is 14.5. The molecule has 136 valence electrons. The minimum Gasteiger partial charge on any atom is -0.481 e. The average molecular weight is 355 g/mol. The van der Waals surface area contributed by atoms with Crippen molar-refractivity contribution in [2.45, 2.75) is 19.4 Å². The van der Waals surface area contributed by atoms with Crippen LogP contribution in [0, 0.1) is 5.92 Å². The van der Waals surface area contributed by atoms with E-state index in [4.69, 9.17) is 9.84 Å². The number of carboxylic acid groups (broad SMARTS) is 1. The summed E-state index contributed by atoms with van der Waals surface area (Å²) in [5.41, 5.74) is 0.936. The van der Waals surface area contributed by atoms with Gasteiger partial charge in [0.1, 0.15) is 11.5 Å². The number of nitrogens with zero attached hydrogens (tertiary/aromatic N) is 2. The fourth-order valence-corrected chi connectivity index (χ4v) is 2.87. The molecule has 0 saturated carbocycles. The van der Waals surface area contributed by atoms with Crippen LogP contribution in [0.25, 0.3) is 0 Å². The molecule has 0 radical (unpaired) electrons. The summed E-state index contributed by atoms with van der Waals surface area (Å²) in [4.78, 5) is 28.8. The lowest BCUT2D eigenvalue weighted by Crippen LogP contribution is -2.40. The monoisotopic (exact) mass is 355 g/mol. The maximum atomic E-state index is 12.3. The van der Waals surface area contributed by atoms with Crippen LogP contribution < -0.4 is 10.1 Å². The summed E-state index contributed by atoms with van der Waals surface area (Å²) in [5.74, 6) is 0.0188. The number of rotatable bonds is 5. The molecule has 2 aromatic rings. The van der Waals surface area contributed by atoms with Gasteiger partial charge in [-0.15, -0.1) is 0 Å². The van der Waals surface area contributed by atoms with Crippen LogP contribution in [-0.2, 0) is 4.79 Å². The van der Waals surface area contributed by atoms with Gasteiger partial charge in [-0.25, -0.2) is 4.79 Å². The third-order valence-corrected chi connectivity index (χ3v) is 4.41. The fraction of sp³-hybridized carbons (Fsp3) is 0.316. The van der Waals surface area contributed by atoms with Crippen LogP contribution >= 0.6 is 0 Å². The zero-order valence-corrected chi connectivity index (χ0v) is 14.5. The first-order valence-corrected chi connectivity index (χ1v) is 8.49. The van der Waals surface area contributed by atoms with E-state index >= 15 is 0 Å². The smallest absolute Gasteiger partial charge is 0.317 e. The molecule has 0 bridgehead atoms. The lowest BCUT2D eigenvalue weighted by Gasteiger charge is -2.21. The number of pyridine rings is 1. The maximum absolute atomic E-state index is 12.3. The van der Waals surface area contributed by atoms with Gasteiger partial charge >= 0.3 is 12.0 Å². The Balaban J connectivity index is 1.55. The van der Waals surface area contributed by atoms with Gasteiger partial charge in [0, 0.05) is 19.3 Å². The van der Waals surface area contributed by atoms with Crippen molar-refractivity contribution in [1.29, 1.82) is 0 Å². The SMILES string of the molecule is CC(NC(=O)N1CCC(C(=O)O)C1)c1ccc(Oc2cccnc2)cc1. The van der Waals surface area contributed by atoms with E-state index in [0.717, 1.165) is 5.56 Å². The topological polar surface area (TPSA) is 91.8 Å². The van der Waals surface area contributed by atoms with Gasteiger partial charge in [0.25, 0.3) is 0 Å². The molecule has 3 rings (SSSR count). The Bertz CT molecular complexity index is 764. The van der Waals surface area contributed by atoms with Gasteiger partial charge in [0.15, 0.2) is 0 Å². The van der Waals surface area contributed by atoms with E-state index < -0.39 is 11.9 Å². The zero-order chi connectivity index (χ0) is 18.5. The van der Waals surface area contributed by atoms with Crippen molar-refractivity contribution in [3.05, 3.63) is 54.4 Å². The molecule has 2 atom stereocenters. The number of urea groups is 1. The van der Waals surface area contributed by atoms with Gasteiger partial charge in [-0.1, -0.05) is 12.1 Å². The maximum Gasteiger partial charge on any atom is 0.317 e. The summed E-state index contributed by atoms with van der Waals surface area (Å²) >= 11 is 0. The molecule has 26 heavy (non-hydrogen) atoms. The minimum absolute atomic E-state index is 0.196. The largest absolute Gasteiger partial charge is 0.481 e. The lowest BCUT2D eigenvalue weighted by atomic mass is 10.1. The second-order valence-electron chi connectivity index (χ2n) is 6.30. The van der Waals surface area contributed by atoms with Crippen molar-refractivity contribution in [1.82, 2.24) is 15.2 Å². The first-order valence-electron chi connectivity index (χ1n) is 8.49. The Morgan fingerprint density at radius 3 is 2.65 bits per heavy atom. The van der Waals surface area contributed by atoms with Crippen LogP contribution in [0.3, 0.4) is 0 Å². The molecule has 7 nitrogen and oxygen atoms in total. The van der Waals surface area contributed by atoms with Gasteiger partial charge < -0.3 is 20.1 Å². The summed E-state index contributed by atoms with van der Waals surface area (Å²) in [6.07, 6.45) is 3.81. The molecule has 1 fully saturated rings. The number of carbonyl (C=O) groups excluding carboxylic acids is 1. The highest BCUT2D eigenvalue weighted by Crippen LogP contribution is 2.23. The Morgan fingerprint density at radius 1 is 1.27 bits per heavy atom. The van der Waals surface area contributed by atoms with E-state index in [1.54, 1.807) is 23.4 Å². The average Bonchev–Trinajstić information content (AvgIpc) is 3.14. The summed E-state index contributed by atoms with van der Waals surface area (Å²) < 4.78 is 5.70. The van der Waals surface area contributed by atoms with Crippen LogP contribution in [-0.4, -0.2) is 40.1 Å². The fourth-order valence-electron chi connectivity index (χ4n) is 2.87. The van der Waals surface area contributed by atoms with Crippen molar-refractivity contribution < 1.29 is 19.4 Å². The summed E-state index contributed by atoms with van der Waals surface area (Å²) in [7, 11) is 0. The third-order valence-electron chi connectivity index (χ3n) is 4.41. The second kappa shape index (κ2) is 7.86. The first-order chi connectivity index (χ1) is 12.5. The molecule has 2 heterocycles. The number of benzene rings is 1. The third kappa shape index (κ3) is 4.30. The number of hydrogen-bond donors (Lipinski definition) is 2. The number of amides is 2. The van der Waals surface area contributed by atoms with Crippen LogP contribution in [0.2, 0.25) is 0 Å². The van der Waals surface area contributed by atoms with Crippen molar-refractivity contribution in [3.63, 3.8) is 0 Å². The molecule has 1 aromatic heterocycles. The Kier molecular flexibility index (Phi) is 5.36. The molecule has 7 heteroatoms. The van der Waals surface area contributed by atoms with E-state index in [9.17, 15) is 9.59 Å². The molecule has 0 spiro atoms. The number of aliphatic carboxylic acids is 1. The predicted octanol–water partition coefficient (Wildman–Crippen LogP) is 3.05. The second-order valence-corrected chi connectivity index (χ2v) is 6.30. The number of ether oxygens (including phenoxy) is 1. The standard InChI is InChI=1S/C19H21N3O4/c1-13(21-19(25)22-10-8-15(12-22)18(23)24)14-4-6-16(7-5-14)26-17-3-2-9-20-11-17/h2-7,9,11,13,15H,8,10,12H2,1H3,(H,21,25)(H,23,24). The summed E-state index contributed by atoms with van der Waals surface area (Å²) in [5, 5.41) is 11.9. The molecule has 2 unspecified atom stereocenters. The quantitative estimate of drug-likeness (QED) is 0.860. The van der Waals surface area contributed by atoms with Gasteiger partial charge in [0.05, 0.1) is 18.2 Å². The molecule has 2 amide bonds. The van der Waals surface area contributed by atoms with Crippen LogP contribution in [0.4, 0.5) is 4.79 Å². The normalized spacial score (nSPS) is 17.6. The highest BCUT2D eigenvalue weighted by molar-refractivity contribution is 5.77. The molecular weight excluding hydrogens is 334 g/mol. The van der Waals surface area contributed by atoms with Crippen LogP contribution in [0.15, 0.2) is 48.8 Å². The Hall–Kier alpha value is -3.09. The van der Waals surface area contributed by atoms with E-state index in [2.05, 4.69) is 10.3 Å². The molecule has 1 aromatic carbocycles. The molecule has 2 N–H and O–H groups in total. The molecule has 1 saturated heterocycles. The number of hydrogen-bond acceptors (Lipinski definition) is 4. The Labute approximate surface area is 151 Å². The van der Waals surface area contributed by atoms with Gasteiger partial charge in [-0.2, -0.15) is 0 Å². The molecule has 0 aliphatic carbocycles. The molecule has 1 aliphatic heterocycles. The molecular formula is C19H21N3O4. The number of carboxylic acids is 1. The van der Waals surface area contributed by atoms with E-state index in [0.29, 0.717) is 24.5 Å². The number of aromatic nitrogens is 1. The highest BCUT2D eigenvalue weighted by atomic mass is 16.5. The molecule has 1 aliphatic rings. The summed E-state index contributed by atoms with van der Waals surface area (Å²) in [6, 6.07) is 10.6. The van der Waals surface area contributed by atoms with Gasteiger partial charge in [-0.05, 0) is 43.2 Å². The van der Waals surface area contributed by atoms with E-state index in [1.165, 1.54) is 0 Å². The van der Waals surface area contributed by atoms with E-state index in [1.807, 2.05) is 37.3 Å². The van der Waals surface area contributed by atoms with Crippen molar-refractivity contribution in [2.75, 3.05) is 13.1 Å². The highest BCUT2D eigenvalue weighted by Gasteiger charge is 2.31. The minimum atomic E-state index is -0.849. The number of likely N-dealkylation sites (tertiary alicyclic amines) is 1. The predicted molar refractivity (Wildman–Crippen MR) is 95.0 cm³/mol. The van der Waals surface area contributed by atoms with Crippen molar-refractivity contribution >= 4 is 12.0 Å². The van der Waals surface area contributed by atoms with Gasteiger partial charge in [0.2, 0.25) is 0 Å². The number of nitrogens with one attached hydrogen (secondary N) is 1.